The average Bonchev–Trinajstić information content (AvgIpc) is 3.58. The van der Waals surface area contributed by atoms with Crippen LogP contribution in [-0.4, -0.2) is 107 Å². The van der Waals surface area contributed by atoms with Gasteiger partial charge in [0.1, 0.15) is 6.04 Å². The summed E-state index contributed by atoms with van der Waals surface area (Å²) < 4.78 is 0. The number of aliphatic hydroxyl groups excluding tert-OH is 3. The number of H-pyrrole nitrogens is 1. The zero-order chi connectivity index (χ0) is 38.5. The van der Waals surface area contributed by atoms with E-state index in [0.717, 1.165) is 28.5 Å². The second-order valence-corrected chi connectivity index (χ2v) is 15.4. The number of aromatic amines is 1. The number of unbranched alkanes of at least 4 members (excludes halogenated alkanes) is 1. The standard InChI is InChI=1S/C35H56N8O9S2/c1-23(45)29(21-44)38-34(47)30-22-54-53-17-16-48-40-32(18-25-10-4-3-5-11-25)50-42-33(19-26-20-37-28-13-7-6-12-27(26)28)51-41-31(14-8-9-15-36)49-43-35(24(2)46)52-39-30/h3-7,10-13,20,23-24,29-33,35,37,39-46H,8-9,14-19,21-22,36H2,1-2H3,(H,38,47)/t23-,24?,29-,30?,31?,32?,33?,35?/m1/s1. The van der Waals surface area contributed by atoms with Crippen molar-refractivity contribution in [1.82, 2.24) is 37.7 Å². The number of carbonyl (C=O) groups is 1. The van der Waals surface area contributed by atoms with Gasteiger partial charge in [0.2, 0.25) is 5.91 Å². The molecule has 3 aromatic rings. The number of hydrogen-bond acceptors (Lipinski definition) is 17. The third kappa shape index (κ3) is 15.6. The van der Waals surface area contributed by atoms with Crippen LogP contribution in [0, 0.1) is 0 Å². The number of nitrogens with two attached hydrogens (primary N) is 1. The summed E-state index contributed by atoms with van der Waals surface area (Å²) in [4.78, 5) is 46.5. The van der Waals surface area contributed by atoms with Crippen molar-refractivity contribution >= 4 is 38.4 Å². The minimum Gasteiger partial charge on any atom is -0.394 e. The molecule has 0 bridgehead atoms. The van der Waals surface area contributed by atoms with Crippen LogP contribution >= 0.6 is 21.6 Å². The maximum absolute atomic E-state index is 13.2. The number of amides is 1. The predicted octanol–water partition coefficient (Wildman–Crippen LogP) is 0.995. The topological polar surface area (TPSA) is 238 Å². The number of fused-ring (bicyclic) bond motifs is 1. The molecule has 1 saturated heterocycles. The molecule has 1 aromatic heterocycles. The molecule has 1 aliphatic heterocycles. The summed E-state index contributed by atoms with van der Waals surface area (Å²) in [5, 5.41) is 33.9. The summed E-state index contributed by atoms with van der Waals surface area (Å²) in [6.45, 7) is 3.33. The van der Waals surface area contributed by atoms with Crippen molar-refractivity contribution in [2.75, 3.05) is 31.3 Å². The highest BCUT2D eigenvalue weighted by Crippen LogP contribution is 2.22. The number of nitrogens with one attached hydrogen (secondary N) is 7. The second kappa shape index (κ2) is 25.0. The van der Waals surface area contributed by atoms with Crippen LogP contribution in [0.5, 0.6) is 0 Å². The zero-order valence-electron chi connectivity index (χ0n) is 30.6. The molecule has 4 rings (SSSR count). The molecule has 2 heterocycles. The molecule has 2 aromatic carbocycles. The molecule has 19 heteroatoms. The van der Waals surface area contributed by atoms with Gasteiger partial charge in [0.05, 0.1) is 31.5 Å². The molecule has 0 aliphatic carbocycles. The number of aliphatic hydroxyl groups is 3. The fourth-order valence-electron chi connectivity index (χ4n) is 5.17. The number of hydroxylamine groups is 5. The van der Waals surface area contributed by atoms with Crippen LogP contribution in [0.3, 0.4) is 0 Å². The van der Waals surface area contributed by atoms with Crippen LogP contribution in [0.2, 0.25) is 0 Å². The summed E-state index contributed by atoms with van der Waals surface area (Å²) in [7, 11) is 2.86. The lowest BCUT2D eigenvalue weighted by molar-refractivity contribution is -0.232. The van der Waals surface area contributed by atoms with E-state index < -0.39 is 61.7 Å². The van der Waals surface area contributed by atoms with Gasteiger partial charge in [-0.05, 0) is 56.8 Å². The Kier molecular flexibility index (Phi) is 20.5. The smallest absolute Gasteiger partial charge is 0.240 e. The van der Waals surface area contributed by atoms with Crippen LogP contribution in [0.1, 0.15) is 44.2 Å². The number of hydrogen-bond donors (Lipinski definition) is 11. The maximum atomic E-state index is 13.2. The minimum absolute atomic E-state index is 0.230. The Morgan fingerprint density at radius 3 is 2.35 bits per heavy atom. The Morgan fingerprint density at radius 2 is 1.61 bits per heavy atom. The second-order valence-electron chi connectivity index (χ2n) is 12.8. The highest BCUT2D eigenvalue weighted by molar-refractivity contribution is 8.76. The van der Waals surface area contributed by atoms with E-state index >= 15 is 0 Å². The van der Waals surface area contributed by atoms with E-state index in [0.29, 0.717) is 44.6 Å². The van der Waals surface area contributed by atoms with E-state index in [9.17, 15) is 20.1 Å². The molecule has 54 heavy (non-hydrogen) atoms. The zero-order valence-corrected chi connectivity index (χ0v) is 32.3. The van der Waals surface area contributed by atoms with E-state index in [2.05, 4.69) is 37.7 Å². The summed E-state index contributed by atoms with van der Waals surface area (Å²) in [5.41, 5.74) is 23.4. The van der Waals surface area contributed by atoms with Gasteiger partial charge in [-0.1, -0.05) is 70.1 Å². The van der Waals surface area contributed by atoms with Gasteiger partial charge in [-0.3, -0.25) is 29.0 Å². The van der Waals surface area contributed by atoms with Crippen molar-refractivity contribution in [2.45, 2.75) is 95.2 Å². The first-order valence-corrected chi connectivity index (χ1v) is 20.6. The quantitative estimate of drug-likeness (QED) is 0.0855. The van der Waals surface area contributed by atoms with Gasteiger partial charge in [0.25, 0.3) is 0 Å². The molecule has 0 spiro atoms. The van der Waals surface area contributed by atoms with Crippen molar-refractivity contribution in [3.63, 3.8) is 0 Å². The minimum atomic E-state index is -1.13. The van der Waals surface area contributed by atoms with Crippen LogP contribution in [0.25, 0.3) is 10.9 Å². The first-order valence-electron chi connectivity index (χ1n) is 18.1. The van der Waals surface area contributed by atoms with E-state index in [1.165, 1.54) is 35.4 Å². The van der Waals surface area contributed by atoms with Crippen LogP contribution in [0.4, 0.5) is 0 Å². The Labute approximate surface area is 323 Å². The number of carbonyl (C=O) groups excluding carboxylic acids is 1. The van der Waals surface area contributed by atoms with Crippen molar-refractivity contribution in [3.8, 4) is 0 Å². The monoisotopic (exact) mass is 796 g/mol. The lowest BCUT2D eigenvalue weighted by atomic mass is 10.1. The van der Waals surface area contributed by atoms with Crippen molar-refractivity contribution in [1.29, 1.82) is 0 Å². The third-order valence-corrected chi connectivity index (χ3v) is 10.7. The first-order chi connectivity index (χ1) is 26.3. The lowest BCUT2D eigenvalue weighted by Crippen LogP contribution is -2.55. The largest absolute Gasteiger partial charge is 0.394 e. The number of benzene rings is 2. The van der Waals surface area contributed by atoms with Crippen LogP contribution < -0.4 is 38.5 Å². The maximum Gasteiger partial charge on any atom is 0.240 e. The molecule has 17 nitrogen and oxygen atoms in total. The molecular weight excluding hydrogens is 741 g/mol. The molecule has 302 valence electrons. The molecule has 1 aliphatic rings. The van der Waals surface area contributed by atoms with Gasteiger partial charge in [-0.2, -0.15) is 27.4 Å². The van der Waals surface area contributed by atoms with Gasteiger partial charge in [-0.25, -0.2) is 0 Å². The fraction of sp³-hybridized carbons (Fsp3) is 0.571. The average molecular weight is 797 g/mol. The highest BCUT2D eigenvalue weighted by atomic mass is 33.1. The van der Waals surface area contributed by atoms with E-state index in [1.807, 2.05) is 60.8 Å². The summed E-state index contributed by atoms with van der Waals surface area (Å²) in [5.74, 6) is 0.268. The Morgan fingerprint density at radius 1 is 0.889 bits per heavy atom. The fourth-order valence-corrected chi connectivity index (χ4v) is 7.14. The molecule has 8 atom stereocenters. The van der Waals surface area contributed by atoms with Gasteiger partial charge < -0.3 is 31.4 Å². The van der Waals surface area contributed by atoms with Gasteiger partial charge in [0, 0.05) is 41.4 Å². The summed E-state index contributed by atoms with van der Waals surface area (Å²) >= 11 is 0. The van der Waals surface area contributed by atoms with Crippen LogP contribution in [-0.2, 0) is 41.8 Å². The summed E-state index contributed by atoms with van der Waals surface area (Å²) in [6, 6.07) is 16.0. The van der Waals surface area contributed by atoms with Crippen molar-refractivity contribution < 1.29 is 44.3 Å². The SMILES string of the molecule is CC(O)C1NOC(CCCCN)NOC(Cc2c[nH]c3ccccc23)NOC(Cc2ccccc2)NOCCSSCC(C(=O)N[C@H](CO)[C@@H](C)O)NO1. The predicted molar refractivity (Wildman–Crippen MR) is 207 cm³/mol. The Balaban J connectivity index is 1.54. The number of aromatic nitrogens is 1. The van der Waals surface area contributed by atoms with Gasteiger partial charge in [0.15, 0.2) is 24.9 Å². The number of rotatable bonds is 13. The molecule has 1 amide bonds. The number of para-hydroxylation sites is 1. The van der Waals surface area contributed by atoms with Gasteiger partial charge >= 0.3 is 0 Å². The van der Waals surface area contributed by atoms with E-state index in [1.54, 1.807) is 0 Å². The van der Waals surface area contributed by atoms with E-state index in [-0.39, 0.29) is 5.75 Å². The molecule has 1 fully saturated rings. The lowest BCUT2D eigenvalue weighted by Gasteiger charge is -2.29. The first kappa shape index (κ1) is 44.3. The molecule has 12 N–H and O–H groups in total. The van der Waals surface area contributed by atoms with Crippen molar-refractivity contribution in [3.05, 3.63) is 71.9 Å². The molecular formula is C35H56N8O9S2. The Hall–Kier alpha value is -2.41. The van der Waals surface area contributed by atoms with E-state index in [4.69, 9.17) is 29.9 Å². The van der Waals surface area contributed by atoms with Crippen molar-refractivity contribution in [2.24, 2.45) is 5.73 Å². The molecule has 6 unspecified atom stereocenters. The third-order valence-electron chi connectivity index (χ3n) is 8.27. The Bertz CT molecular complexity index is 1460. The highest BCUT2D eigenvalue weighted by Gasteiger charge is 2.27. The molecule has 0 saturated carbocycles. The van der Waals surface area contributed by atoms with Gasteiger partial charge in [-0.15, -0.1) is 0 Å². The van der Waals surface area contributed by atoms with Crippen LogP contribution in [0.15, 0.2) is 60.8 Å². The summed E-state index contributed by atoms with van der Waals surface area (Å²) in [6.07, 6.45) is -0.594. The molecule has 0 radical (unpaired) electrons. The normalized spacial score (nSPS) is 25.0.